The minimum Gasteiger partial charge on any atom is -0.478 e. The monoisotopic (exact) mass is 218 g/mol. The number of hydrogen-bond acceptors (Lipinski definition) is 4. The van der Waals surface area contributed by atoms with Gasteiger partial charge in [0.05, 0.1) is 16.0 Å². The van der Waals surface area contributed by atoms with Crippen LogP contribution >= 0.6 is 0 Å². The molecule has 0 aliphatic carbocycles. The van der Waals surface area contributed by atoms with Crippen molar-refractivity contribution in [1.29, 1.82) is 0 Å². The predicted molar refractivity (Wildman–Crippen MR) is 55.4 cm³/mol. The van der Waals surface area contributed by atoms with Crippen LogP contribution in [0, 0.1) is 10.1 Å². The maximum atomic E-state index is 10.9. The highest BCUT2D eigenvalue weighted by atomic mass is 16.6. The van der Waals surface area contributed by atoms with Crippen LogP contribution in [0.4, 0.5) is 5.69 Å². The second-order valence-electron chi connectivity index (χ2n) is 3.13. The number of benzene rings is 1. The Hall–Kier alpha value is -2.50. The predicted octanol–water partition coefficient (Wildman–Crippen LogP) is 1.84. The molecule has 2 rings (SSSR count). The number of carbonyl (C=O) groups is 1. The SMILES string of the molecule is O=C(O)c1cc([N+](=O)[O-])cc2cccnc12. The van der Waals surface area contributed by atoms with E-state index in [0.717, 1.165) is 6.07 Å². The van der Waals surface area contributed by atoms with Gasteiger partial charge in [0.25, 0.3) is 5.69 Å². The van der Waals surface area contributed by atoms with Gasteiger partial charge >= 0.3 is 5.97 Å². The van der Waals surface area contributed by atoms with Gasteiger partial charge in [-0.15, -0.1) is 0 Å². The maximum Gasteiger partial charge on any atom is 0.338 e. The molecule has 0 saturated heterocycles. The van der Waals surface area contributed by atoms with Crippen LogP contribution in [-0.2, 0) is 0 Å². The summed E-state index contributed by atoms with van der Waals surface area (Å²) in [5.41, 5.74) is -0.164. The van der Waals surface area contributed by atoms with Gasteiger partial charge in [0, 0.05) is 23.7 Å². The van der Waals surface area contributed by atoms with Crippen molar-refractivity contribution in [2.45, 2.75) is 0 Å². The van der Waals surface area contributed by atoms with Gasteiger partial charge in [0.1, 0.15) is 0 Å². The number of carboxylic acids is 1. The van der Waals surface area contributed by atoms with Crippen molar-refractivity contribution in [2.24, 2.45) is 0 Å². The standard InChI is InChI=1S/C10H6N2O4/c13-10(14)8-5-7(12(15)16)4-6-2-1-3-11-9(6)8/h1-5H,(H,13,14). The Labute approximate surface area is 89.3 Å². The van der Waals surface area contributed by atoms with E-state index < -0.39 is 10.9 Å². The molecule has 16 heavy (non-hydrogen) atoms. The van der Waals surface area contributed by atoms with E-state index in [1.165, 1.54) is 12.3 Å². The van der Waals surface area contributed by atoms with Crippen molar-refractivity contribution in [1.82, 2.24) is 4.98 Å². The van der Waals surface area contributed by atoms with E-state index in [0.29, 0.717) is 5.39 Å². The zero-order chi connectivity index (χ0) is 11.7. The first kappa shape index (κ1) is 10.0. The van der Waals surface area contributed by atoms with Crippen LogP contribution in [0.1, 0.15) is 10.4 Å². The normalized spacial score (nSPS) is 10.2. The number of non-ortho nitro benzene ring substituents is 1. The average Bonchev–Trinajstić information content (AvgIpc) is 2.27. The van der Waals surface area contributed by atoms with E-state index in [1.807, 2.05) is 0 Å². The molecule has 0 saturated carbocycles. The Morgan fingerprint density at radius 2 is 2.19 bits per heavy atom. The first-order valence-electron chi connectivity index (χ1n) is 4.36. The summed E-state index contributed by atoms with van der Waals surface area (Å²) in [6.45, 7) is 0. The minimum absolute atomic E-state index is 0.162. The van der Waals surface area contributed by atoms with Crippen LogP contribution in [0.2, 0.25) is 0 Å². The number of carboxylic acid groups (broad SMARTS) is 1. The number of rotatable bonds is 2. The van der Waals surface area contributed by atoms with E-state index in [-0.39, 0.29) is 16.8 Å². The van der Waals surface area contributed by atoms with Gasteiger partial charge in [-0.25, -0.2) is 4.79 Å². The summed E-state index contributed by atoms with van der Waals surface area (Å²) in [6.07, 6.45) is 1.45. The molecule has 1 aromatic carbocycles. The molecule has 1 aromatic heterocycles. The van der Waals surface area contributed by atoms with E-state index in [9.17, 15) is 14.9 Å². The third-order valence-corrected chi connectivity index (χ3v) is 2.13. The first-order chi connectivity index (χ1) is 7.59. The molecule has 0 radical (unpaired) electrons. The third kappa shape index (κ3) is 1.56. The largest absolute Gasteiger partial charge is 0.478 e. The van der Waals surface area contributed by atoms with E-state index in [2.05, 4.69) is 4.98 Å². The van der Waals surface area contributed by atoms with Gasteiger partial charge in [-0.3, -0.25) is 15.1 Å². The zero-order valence-corrected chi connectivity index (χ0v) is 7.95. The lowest BCUT2D eigenvalue weighted by atomic mass is 10.1. The molecule has 0 amide bonds. The van der Waals surface area contributed by atoms with Crippen LogP contribution < -0.4 is 0 Å². The Bertz CT molecular complexity index is 594. The summed E-state index contributed by atoms with van der Waals surface area (Å²) < 4.78 is 0. The highest BCUT2D eigenvalue weighted by Gasteiger charge is 2.16. The van der Waals surface area contributed by atoms with E-state index >= 15 is 0 Å². The van der Waals surface area contributed by atoms with Crippen molar-refractivity contribution >= 4 is 22.6 Å². The second-order valence-corrected chi connectivity index (χ2v) is 3.13. The summed E-state index contributed by atoms with van der Waals surface area (Å²) in [4.78, 5) is 24.8. The second kappa shape index (κ2) is 3.58. The van der Waals surface area contributed by atoms with Crippen molar-refractivity contribution in [3.05, 3.63) is 46.1 Å². The van der Waals surface area contributed by atoms with Gasteiger partial charge < -0.3 is 5.11 Å². The molecule has 0 fully saturated rings. The minimum atomic E-state index is -1.23. The molecular formula is C10H6N2O4. The lowest BCUT2D eigenvalue weighted by Crippen LogP contribution is -2.00. The third-order valence-electron chi connectivity index (χ3n) is 2.13. The fourth-order valence-electron chi connectivity index (χ4n) is 1.44. The van der Waals surface area contributed by atoms with Crippen molar-refractivity contribution in [3.63, 3.8) is 0 Å². The van der Waals surface area contributed by atoms with Crippen molar-refractivity contribution < 1.29 is 14.8 Å². The summed E-state index contributed by atoms with van der Waals surface area (Å²) in [5.74, 6) is -1.23. The molecule has 0 atom stereocenters. The molecule has 0 unspecified atom stereocenters. The lowest BCUT2D eigenvalue weighted by molar-refractivity contribution is -0.384. The van der Waals surface area contributed by atoms with E-state index in [4.69, 9.17) is 5.11 Å². The summed E-state index contributed by atoms with van der Waals surface area (Å²) in [5, 5.41) is 20.0. The quantitative estimate of drug-likeness (QED) is 0.613. The topological polar surface area (TPSA) is 93.3 Å². The molecule has 6 heteroatoms. The van der Waals surface area contributed by atoms with Crippen molar-refractivity contribution in [2.75, 3.05) is 0 Å². The van der Waals surface area contributed by atoms with Crippen LogP contribution in [0.15, 0.2) is 30.5 Å². The molecule has 0 aliphatic rings. The molecule has 6 nitrogen and oxygen atoms in total. The smallest absolute Gasteiger partial charge is 0.338 e. The highest BCUT2D eigenvalue weighted by molar-refractivity contribution is 6.02. The van der Waals surface area contributed by atoms with E-state index in [1.54, 1.807) is 12.1 Å². The Morgan fingerprint density at radius 1 is 1.44 bits per heavy atom. The first-order valence-corrected chi connectivity index (χ1v) is 4.36. The Balaban J connectivity index is 2.84. The highest BCUT2D eigenvalue weighted by Crippen LogP contribution is 2.23. The number of aromatic nitrogens is 1. The number of aromatic carboxylic acids is 1. The van der Waals surface area contributed by atoms with Gasteiger partial charge in [0.15, 0.2) is 0 Å². The van der Waals surface area contributed by atoms with Gasteiger partial charge in [0.2, 0.25) is 0 Å². The molecule has 0 bridgehead atoms. The number of nitro groups is 1. The molecule has 1 N–H and O–H groups in total. The fourth-order valence-corrected chi connectivity index (χ4v) is 1.44. The number of hydrogen-bond donors (Lipinski definition) is 1. The van der Waals surface area contributed by atoms with Crippen LogP contribution in [0.3, 0.4) is 0 Å². The number of pyridine rings is 1. The van der Waals surface area contributed by atoms with Crippen molar-refractivity contribution in [3.8, 4) is 0 Å². The summed E-state index contributed by atoms with van der Waals surface area (Å²) in [7, 11) is 0. The lowest BCUT2D eigenvalue weighted by Gasteiger charge is -2.01. The molecule has 1 heterocycles. The van der Waals surface area contributed by atoms with Gasteiger partial charge in [-0.05, 0) is 6.07 Å². The average molecular weight is 218 g/mol. The molecule has 0 aliphatic heterocycles. The molecular weight excluding hydrogens is 212 g/mol. The van der Waals surface area contributed by atoms with Crippen LogP contribution in [0.5, 0.6) is 0 Å². The maximum absolute atomic E-state index is 10.9. The zero-order valence-electron chi connectivity index (χ0n) is 7.95. The van der Waals surface area contributed by atoms with Crippen LogP contribution in [0.25, 0.3) is 10.9 Å². The Morgan fingerprint density at radius 3 is 2.81 bits per heavy atom. The fraction of sp³-hybridized carbons (Fsp3) is 0. The van der Waals surface area contributed by atoms with Gasteiger partial charge in [-0.1, -0.05) is 6.07 Å². The summed E-state index contributed by atoms with van der Waals surface area (Å²) >= 11 is 0. The number of fused-ring (bicyclic) bond motifs is 1. The molecule has 0 spiro atoms. The summed E-state index contributed by atoms with van der Waals surface area (Å²) in [6, 6.07) is 5.49. The van der Waals surface area contributed by atoms with Gasteiger partial charge in [-0.2, -0.15) is 0 Å². The number of nitrogens with zero attached hydrogens (tertiary/aromatic N) is 2. The molecule has 2 aromatic rings. The number of nitro benzene ring substituents is 1. The Kier molecular flexibility index (Phi) is 2.24. The van der Waals surface area contributed by atoms with Crippen LogP contribution in [-0.4, -0.2) is 21.0 Å². The molecule has 80 valence electrons.